The Labute approximate surface area is 155 Å². The van der Waals surface area contributed by atoms with Gasteiger partial charge in [-0.3, -0.25) is 4.98 Å². The van der Waals surface area contributed by atoms with E-state index in [0.717, 1.165) is 36.3 Å². The Hall–Kier alpha value is -1.92. The molecule has 5 nitrogen and oxygen atoms in total. The van der Waals surface area contributed by atoms with Crippen molar-refractivity contribution in [2.75, 3.05) is 25.2 Å². The summed E-state index contributed by atoms with van der Waals surface area (Å²) in [4.78, 5) is 4.28. The minimum Gasteiger partial charge on any atom is -0.490 e. The van der Waals surface area contributed by atoms with Crippen LogP contribution in [0.15, 0.2) is 42.7 Å². The van der Waals surface area contributed by atoms with Crippen LogP contribution >= 0.6 is 0 Å². The highest BCUT2D eigenvalue weighted by Crippen LogP contribution is 2.16. The minimum atomic E-state index is -2.93. The van der Waals surface area contributed by atoms with Crippen molar-refractivity contribution < 1.29 is 13.2 Å². The fourth-order valence-corrected chi connectivity index (χ4v) is 3.51. The molecule has 0 unspecified atom stereocenters. The summed E-state index contributed by atoms with van der Waals surface area (Å²) < 4.78 is 28.5. The van der Waals surface area contributed by atoms with Crippen LogP contribution in [-0.4, -0.2) is 44.6 Å². The summed E-state index contributed by atoms with van der Waals surface area (Å²) in [5.41, 5.74) is 3.42. The standard InChI is InChI=1S/C20H26N2O3S/c1-26(23,24)10-8-17-4-2-3-16(11-17)5-6-18-12-20(14-21-13-18)25-15-19-7-9-22-19/h2-4,11-14,19,22H,5-10,15H2,1H3/t19-/m0/s1. The number of nitrogens with zero attached hydrogens (tertiary/aromatic N) is 1. The maximum absolute atomic E-state index is 11.3. The first-order valence-electron chi connectivity index (χ1n) is 9.03. The minimum absolute atomic E-state index is 0.190. The van der Waals surface area contributed by atoms with Gasteiger partial charge in [-0.2, -0.15) is 0 Å². The van der Waals surface area contributed by atoms with Crippen molar-refractivity contribution in [2.45, 2.75) is 31.7 Å². The van der Waals surface area contributed by atoms with Crippen LogP contribution in [0.1, 0.15) is 23.1 Å². The lowest BCUT2D eigenvalue weighted by Crippen LogP contribution is -2.46. The highest BCUT2D eigenvalue weighted by atomic mass is 32.2. The van der Waals surface area contributed by atoms with E-state index in [-0.39, 0.29) is 5.75 Å². The second-order valence-corrected chi connectivity index (χ2v) is 9.24. The van der Waals surface area contributed by atoms with Crippen molar-refractivity contribution in [3.63, 3.8) is 0 Å². The van der Waals surface area contributed by atoms with Gasteiger partial charge in [-0.1, -0.05) is 24.3 Å². The number of nitrogens with one attached hydrogen (secondary N) is 1. The first kappa shape index (κ1) is 18.9. The Kier molecular flexibility index (Phi) is 6.27. The van der Waals surface area contributed by atoms with Gasteiger partial charge < -0.3 is 10.1 Å². The Bertz CT molecular complexity index is 832. The van der Waals surface area contributed by atoms with Gasteiger partial charge in [0.25, 0.3) is 0 Å². The lowest BCUT2D eigenvalue weighted by molar-refractivity contribution is 0.217. The molecule has 6 heteroatoms. The number of rotatable bonds is 9. The average molecular weight is 375 g/mol. The average Bonchev–Trinajstić information content (AvgIpc) is 2.57. The molecule has 1 fully saturated rings. The normalized spacial score (nSPS) is 16.9. The van der Waals surface area contributed by atoms with Crippen molar-refractivity contribution in [1.82, 2.24) is 10.3 Å². The number of sulfone groups is 1. The van der Waals surface area contributed by atoms with Gasteiger partial charge in [0.2, 0.25) is 0 Å². The number of hydrogen-bond donors (Lipinski definition) is 1. The molecule has 0 bridgehead atoms. The zero-order valence-electron chi connectivity index (χ0n) is 15.1. The Morgan fingerprint density at radius 1 is 1.12 bits per heavy atom. The number of aromatic nitrogens is 1. The van der Waals surface area contributed by atoms with Crippen LogP contribution in [0.4, 0.5) is 0 Å². The molecule has 26 heavy (non-hydrogen) atoms. The summed E-state index contributed by atoms with van der Waals surface area (Å²) >= 11 is 0. The molecule has 140 valence electrons. The molecule has 0 saturated carbocycles. The van der Waals surface area contributed by atoms with Crippen LogP contribution in [0.3, 0.4) is 0 Å². The molecule has 0 spiro atoms. The first-order valence-corrected chi connectivity index (χ1v) is 11.1. The number of hydrogen-bond acceptors (Lipinski definition) is 5. The van der Waals surface area contributed by atoms with Crippen LogP contribution in [0.25, 0.3) is 0 Å². The van der Waals surface area contributed by atoms with Crippen molar-refractivity contribution in [3.8, 4) is 5.75 Å². The predicted octanol–water partition coefficient (Wildman–Crippen LogP) is 2.19. The van der Waals surface area contributed by atoms with Crippen molar-refractivity contribution in [2.24, 2.45) is 0 Å². The maximum Gasteiger partial charge on any atom is 0.147 e. The largest absolute Gasteiger partial charge is 0.490 e. The van der Waals surface area contributed by atoms with Gasteiger partial charge in [-0.05, 0) is 55.0 Å². The molecule has 2 aromatic rings. The lowest BCUT2D eigenvalue weighted by Gasteiger charge is -2.27. The predicted molar refractivity (Wildman–Crippen MR) is 103 cm³/mol. The fourth-order valence-electron chi connectivity index (χ4n) is 2.90. The molecule has 1 saturated heterocycles. The maximum atomic E-state index is 11.3. The van der Waals surface area contributed by atoms with Gasteiger partial charge in [-0.25, -0.2) is 8.42 Å². The van der Waals surface area contributed by atoms with E-state index in [9.17, 15) is 8.42 Å². The van der Waals surface area contributed by atoms with Gasteiger partial charge in [0, 0.05) is 18.5 Å². The molecule has 1 aromatic carbocycles. The van der Waals surface area contributed by atoms with E-state index in [2.05, 4.69) is 28.5 Å². The molecule has 3 rings (SSSR count). The third-order valence-electron chi connectivity index (χ3n) is 4.60. The summed E-state index contributed by atoms with van der Waals surface area (Å²) in [5.74, 6) is 1.01. The van der Waals surface area contributed by atoms with Crippen LogP contribution in [0.2, 0.25) is 0 Å². The molecule has 2 heterocycles. The van der Waals surface area contributed by atoms with Gasteiger partial charge in [-0.15, -0.1) is 0 Å². The second kappa shape index (κ2) is 8.64. The summed E-state index contributed by atoms with van der Waals surface area (Å²) in [6, 6.07) is 10.7. The first-order chi connectivity index (χ1) is 12.5. The second-order valence-electron chi connectivity index (χ2n) is 6.98. The molecule has 0 aliphatic carbocycles. The van der Waals surface area contributed by atoms with Crippen LogP contribution in [-0.2, 0) is 29.1 Å². The highest BCUT2D eigenvalue weighted by Gasteiger charge is 2.16. The molecule has 0 radical (unpaired) electrons. The summed E-state index contributed by atoms with van der Waals surface area (Å²) in [6.45, 7) is 1.77. The van der Waals surface area contributed by atoms with Crippen LogP contribution < -0.4 is 10.1 Å². The monoisotopic (exact) mass is 374 g/mol. The number of benzene rings is 1. The molecule has 1 aliphatic rings. The Morgan fingerprint density at radius 2 is 1.85 bits per heavy atom. The van der Waals surface area contributed by atoms with E-state index in [1.165, 1.54) is 18.2 Å². The molecular weight excluding hydrogens is 348 g/mol. The molecule has 0 amide bonds. The van der Waals surface area contributed by atoms with Crippen molar-refractivity contribution in [1.29, 1.82) is 0 Å². The summed E-state index contributed by atoms with van der Waals surface area (Å²) in [6.07, 6.45) is 8.41. The molecule has 1 atom stereocenters. The molecule has 1 aliphatic heterocycles. The number of pyridine rings is 1. The summed E-state index contributed by atoms with van der Waals surface area (Å²) in [5, 5.41) is 3.32. The van der Waals surface area contributed by atoms with E-state index in [1.54, 1.807) is 6.20 Å². The van der Waals surface area contributed by atoms with E-state index in [0.29, 0.717) is 19.1 Å². The zero-order valence-corrected chi connectivity index (χ0v) is 16.0. The lowest BCUT2D eigenvalue weighted by atomic mass is 10.0. The molecule has 1 N–H and O–H groups in total. The number of aryl methyl sites for hydroxylation is 3. The van der Waals surface area contributed by atoms with E-state index in [1.807, 2.05) is 18.3 Å². The van der Waals surface area contributed by atoms with E-state index >= 15 is 0 Å². The summed E-state index contributed by atoms with van der Waals surface area (Å²) in [7, 11) is -2.93. The van der Waals surface area contributed by atoms with Gasteiger partial charge in [0.1, 0.15) is 22.2 Å². The third-order valence-corrected chi connectivity index (χ3v) is 5.55. The zero-order chi connectivity index (χ0) is 18.4. The van der Waals surface area contributed by atoms with E-state index < -0.39 is 9.84 Å². The number of ether oxygens (including phenoxy) is 1. The Balaban J connectivity index is 1.53. The molecule has 1 aromatic heterocycles. The highest BCUT2D eigenvalue weighted by molar-refractivity contribution is 7.90. The van der Waals surface area contributed by atoms with Crippen molar-refractivity contribution >= 4 is 9.84 Å². The van der Waals surface area contributed by atoms with Gasteiger partial charge >= 0.3 is 0 Å². The third kappa shape index (κ3) is 6.11. The van der Waals surface area contributed by atoms with Crippen molar-refractivity contribution in [3.05, 3.63) is 59.4 Å². The molecular formula is C20H26N2O3S. The SMILES string of the molecule is CS(=O)(=O)CCc1cccc(CCc2cncc(OC[C@@H]3CCN3)c2)c1. The van der Waals surface area contributed by atoms with Crippen LogP contribution in [0.5, 0.6) is 5.75 Å². The Morgan fingerprint density at radius 3 is 2.54 bits per heavy atom. The van der Waals surface area contributed by atoms with Gasteiger partial charge in [0.05, 0.1) is 11.9 Å². The smallest absolute Gasteiger partial charge is 0.147 e. The van der Waals surface area contributed by atoms with Gasteiger partial charge in [0.15, 0.2) is 0 Å². The fraction of sp³-hybridized carbons (Fsp3) is 0.450. The van der Waals surface area contributed by atoms with Crippen LogP contribution in [0, 0.1) is 0 Å². The topological polar surface area (TPSA) is 68.3 Å². The van der Waals surface area contributed by atoms with E-state index in [4.69, 9.17) is 4.74 Å². The quantitative estimate of drug-likeness (QED) is 0.729.